The number of hydrogen-bond acceptors (Lipinski definition) is 2. The van der Waals surface area contributed by atoms with Crippen LogP contribution in [0.2, 0.25) is 0 Å². The van der Waals surface area contributed by atoms with Gasteiger partial charge in [-0.3, -0.25) is 0 Å². The molecule has 0 aliphatic rings. The molecule has 1 radical (unpaired) electrons. The maximum absolute atomic E-state index is 4.35. The summed E-state index contributed by atoms with van der Waals surface area (Å²) >= 11 is 0. The zero-order valence-electron chi connectivity index (χ0n) is 12.2. The van der Waals surface area contributed by atoms with Crippen LogP contribution in [0, 0.1) is 19.9 Å². The molecule has 0 fully saturated rings. The van der Waals surface area contributed by atoms with Crippen LogP contribution in [0.5, 0.6) is 0 Å². The summed E-state index contributed by atoms with van der Waals surface area (Å²) < 4.78 is 0. The molecular formula is C18H15N2Y-. The van der Waals surface area contributed by atoms with E-state index in [1.165, 1.54) is 11.1 Å². The summed E-state index contributed by atoms with van der Waals surface area (Å²) in [4.78, 5) is 8.70. The first-order chi connectivity index (χ1) is 9.72. The van der Waals surface area contributed by atoms with Gasteiger partial charge in [0.15, 0.2) is 5.82 Å². The van der Waals surface area contributed by atoms with Gasteiger partial charge in [0.1, 0.15) is 0 Å². The van der Waals surface area contributed by atoms with Gasteiger partial charge in [-0.15, -0.1) is 5.56 Å². The van der Waals surface area contributed by atoms with E-state index < -0.39 is 0 Å². The van der Waals surface area contributed by atoms with Gasteiger partial charge in [0, 0.05) is 50.7 Å². The van der Waals surface area contributed by atoms with Crippen molar-refractivity contribution < 1.29 is 32.7 Å². The van der Waals surface area contributed by atoms with Gasteiger partial charge < -0.3 is 0 Å². The standard InChI is InChI=1S/C18H15N2.Y/c1-13-4-3-5-17(10-13)15-6-8-16(9-7-15)18-19-11-14(2)12-20-18;/h3,5-12H,1-2H3;/q-1;. The molecule has 0 unspecified atom stereocenters. The monoisotopic (exact) mass is 348 g/mol. The van der Waals surface area contributed by atoms with Crippen LogP contribution in [0.4, 0.5) is 0 Å². The quantitative estimate of drug-likeness (QED) is 0.648. The van der Waals surface area contributed by atoms with E-state index in [4.69, 9.17) is 0 Å². The molecule has 3 heteroatoms. The van der Waals surface area contributed by atoms with Crippen LogP contribution in [0.1, 0.15) is 11.1 Å². The molecule has 0 aliphatic heterocycles. The maximum atomic E-state index is 4.35. The van der Waals surface area contributed by atoms with Crippen molar-refractivity contribution in [2.24, 2.45) is 0 Å². The predicted octanol–water partition coefficient (Wildman–Crippen LogP) is 4.23. The predicted molar refractivity (Wildman–Crippen MR) is 81.2 cm³/mol. The first-order valence-electron chi connectivity index (χ1n) is 6.60. The zero-order valence-corrected chi connectivity index (χ0v) is 15.0. The van der Waals surface area contributed by atoms with E-state index in [1.807, 2.05) is 25.4 Å². The van der Waals surface area contributed by atoms with E-state index in [2.05, 4.69) is 59.4 Å². The van der Waals surface area contributed by atoms with Gasteiger partial charge in [0.25, 0.3) is 0 Å². The van der Waals surface area contributed by atoms with Gasteiger partial charge in [-0.2, -0.15) is 29.8 Å². The molecular weight excluding hydrogens is 333 g/mol. The van der Waals surface area contributed by atoms with Crippen molar-refractivity contribution in [1.82, 2.24) is 9.97 Å². The molecule has 0 saturated carbocycles. The second-order valence-electron chi connectivity index (χ2n) is 4.92. The molecule has 0 atom stereocenters. The van der Waals surface area contributed by atoms with Gasteiger partial charge in [-0.1, -0.05) is 31.2 Å². The van der Waals surface area contributed by atoms with Crippen LogP contribution in [0.3, 0.4) is 0 Å². The molecule has 101 valence electrons. The summed E-state index contributed by atoms with van der Waals surface area (Å²) in [5, 5.41) is 0. The van der Waals surface area contributed by atoms with Crippen molar-refractivity contribution in [3.63, 3.8) is 0 Å². The van der Waals surface area contributed by atoms with Crippen molar-refractivity contribution in [3.05, 3.63) is 72.1 Å². The van der Waals surface area contributed by atoms with Crippen LogP contribution in [0.15, 0.2) is 54.9 Å². The van der Waals surface area contributed by atoms with E-state index >= 15 is 0 Å². The third-order valence-electron chi connectivity index (χ3n) is 3.20. The van der Waals surface area contributed by atoms with Crippen molar-refractivity contribution in [2.45, 2.75) is 13.8 Å². The Labute approximate surface area is 150 Å². The minimum absolute atomic E-state index is 0. The Balaban J connectivity index is 0.00000161. The molecule has 3 aromatic rings. The van der Waals surface area contributed by atoms with Gasteiger partial charge in [0.05, 0.1) is 0 Å². The summed E-state index contributed by atoms with van der Waals surface area (Å²) in [6.07, 6.45) is 3.68. The molecule has 0 saturated heterocycles. The zero-order chi connectivity index (χ0) is 13.9. The third kappa shape index (κ3) is 3.84. The molecule has 0 N–H and O–H groups in total. The number of aryl methyl sites for hydroxylation is 2. The molecule has 1 aromatic heterocycles. The molecule has 0 bridgehead atoms. The van der Waals surface area contributed by atoms with E-state index in [0.717, 1.165) is 22.5 Å². The maximum Gasteiger partial charge on any atom is 0.159 e. The fourth-order valence-electron chi connectivity index (χ4n) is 2.12. The first kappa shape index (κ1) is 16.0. The molecule has 3 rings (SSSR count). The van der Waals surface area contributed by atoms with E-state index in [0.29, 0.717) is 0 Å². The summed E-state index contributed by atoms with van der Waals surface area (Å²) in [6.45, 7) is 4.04. The average Bonchev–Trinajstić information content (AvgIpc) is 2.48. The van der Waals surface area contributed by atoms with Gasteiger partial charge >= 0.3 is 0 Å². The van der Waals surface area contributed by atoms with Crippen molar-refractivity contribution in [3.8, 4) is 22.5 Å². The molecule has 0 amide bonds. The van der Waals surface area contributed by atoms with Crippen molar-refractivity contribution in [1.29, 1.82) is 0 Å². The minimum Gasteiger partial charge on any atom is -0.236 e. The second kappa shape index (κ2) is 7.06. The fraction of sp³-hybridized carbons (Fsp3) is 0.111. The number of aromatic nitrogens is 2. The first-order valence-corrected chi connectivity index (χ1v) is 6.60. The Kier molecular flexibility index (Phi) is 5.38. The molecule has 1 heterocycles. The Morgan fingerprint density at radius 3 is 2.05 bits per heavy atom. The van der Waals surface area contributed by atoms with Crippen LogP contribution in [-0.2, 0) is 32.7 Å². The van der Waals surface area contributed by atoms with Crippen molar-refractivity contribution >= 4 is 0 Å². The number of hydrogen-bond donors (Lipinski definition) is 0. The minimum atomic E-state index is 0. The SMILES string of the molecule is Cc1[c-]ccc(-c2ccc(-c3ncc(C)cn3)cc2)c1.[Y]. The van der Waals surface area contributed by atoms with Gasteiger partial charge in [0.2, 0.25) is 0 Å². The number of nitrogens with zero attached hydrogens (tertiary/aromatic N) is 2. The molecule has 21 heavy (non-hydrogen) atoms. The van der Waals surface area contributed by atoms with Gasteiger partial charge in [-0.05, 0) is 18.1 Å². The number of rotatable bonds is 2. The summed E-state index contributed by atoms with van der Waals surface area (Å²) in [5.74, 6) is 0.764. The summed E-state index contributed by atoms with van der Waals surface area (Å²) in [5.41, 5.74) is 5.65. The Bertz CT molecular complexity index is 719. The van der Waals surface area contributed by atoms with E-state index in [-0.39, 0.29) is 32.7 Å². The van der Waals surface area contributed by atoms with E-state index in [1.54, 1.807) is 0 Å². The Hall–Kier alpha value is -1.38. The summed E-state index contributed by atoms with van der Waals surface area (Å²) in [6, 6.07) is 17.7. The molecule has 2 nitrogen and oxygen atoms in total. The van der Waals surface area contributed by atoms with Crippen LogP contribution < -0.4 is 0 Å². The van der Waals surface area contributed by atoms with Crippen LogP contribution in [0.25, 0.3) is 22.5 Å². The second-order valence-corrected chi connectivity index (χ2v) is 4.92. The molecule has 2 aromatic carbocycles. The largest absolute Gasteiger partial charge is 0.236 e. The molecule has 0 spiro atoms. The molecule has 0 aliphatic carbocycles. The normalized spacial score (nSPS) is 10.0. The van der Waals surface area contributed by atoms with Crippen LogP contribution in [-0.4, -0.2) is 9.97 Å². The topological polar surface area (TPSA) is 25.8 Å². The Morgan fingerprint density at radius 2 is 1.43 bits per heavy atom. The van der Waals surface area contributed by atoms with Crippen molar-refractivity contribution in [2.75, 3.05) is 0 Å². The smallest absolute Gasteiger partial charge is 0.159 e. The fourth-order valence-corrected chi connectivity index (χ4v) is 2.12. The third-order valence-corrected chi connectivity index (χ3v) is 3.20. The average molecular weight is 348 g/mol. The summed E-state index contributed by atoms with van der Waals surface area (Å²) in [7, 11) is 0. The van der Waals surface area contributed by atoms with Gasteiger partial charge in [-0.25, -0.2) is 9.97 Å². The number of benzene rings is 2. The Morgan fingerprint density at radius 1 is 0.810 bits per heavy atom. The van der Waals surface area contributed by atoms with E-state index in [9.17, 15) is 0 Å². The van der Waals surface area contributed by atoms with Crippen LogP contribution >= 0.6 is 0 Å².